The summed E-state index contributed by atoms with van der Waals surface area (Å²) in [6, 6.07) is 20.3. The molecular formula is C25H21ClN2O2. The number of amides is 2. The van der Waals surface area contributed by atoms with Gasteiger partial charge in [-0.3, -0.25) is 9.59 Å². The Morgan fingerprint density at radius 3 is 2.17 bits per heavy atom. The van der Waals surface area contributed by atoms with Crippen LogP contribution in [-0.4, -0.2) is 11.8 Å². The number of anilines is 2. The highest BCUT2D eigenvalue weighted by molar-refractivity contribution is 6.46. The highest BCUT2D eigenvalue weighted by atomic mass is 35.5. The molecule has 3 aromatic rings. The molecule has 0 radical (unpaired) electrons. The number of hydrogen-bond acceptors (Lipinski definition) is 3. The summed E-state index contributed by atoms with van der Waals surface area (Å²) in [5.74, 6) is -0.773. The Morgan fingerprint density at radius 2 is 1.47 bits per heavy atom. The first-order valence-electron chi connectivity index (χ1n) is 9.65. The fraction of sp³-hybridized carbons (Fsp3) is 0.120. The maximum atomic E-state index is 13.5. The summed E-state index contributed by atoms with van der Waals surface area (Å²) in [5, 5.41) is 3.67. The SMILES string of the molecule is Cc1ccc(NC2=C(c3ccccc3)C(=O)N(c3cc(Cl)ccc3C)C2=O)cc1C. The summed E-state index contributed by atoms with van der Waals surface area (Å²) in [5.41, 5.74) is 5.58. The lowest BCUT2D eigenvalue weighted by Crippen LogP contribution is -2.33. The smallest absolute Gasteiger partial charge is 0.282 e. The maximum Gasteiger partial charge on any atom is 0.282 e. The van der Waals surface area contributed by atoms with Crippen LogP contribution in [0, 0.1) is 20.8 Å². The molecule has 150 valence electrons. The lowest BCUT2D eigenvalue weighted by atomic mass is 10.0. The molecule has 2 amide bonds. The summed E-state index contributed by atoms with van der Waals surface area (Å²) < 4.78 is 0. The van der Waals surface area contributed by atoms with Crippen molar-refractivity contribution in [3.63, 3.8) is 0 Å². The number of halogens is 1. The zero-order chi connectivity index (χ0) is 21.4. The monoisotopic (exact) mass is 416 g/mol. The largest absolute Gasteiger partial charge is 0.350 e. The van der Waals surface area contributed by atoms with Gasteiger partial charge in [-0.15, -0.1) is 0 Å². The van der Waals surface area contributed by atoms with Crippen molar-refractivity contribution >= 4 is 40.4 Å². The normalized spacial score (nSPS) is 13.9. The fourth-order valence-electron chi connectivity index (χ4n) is 3.52. The van der Waals surface area contributed by atoms with Gasteiger partial charge in [0.25, 0.3) is 11.8 Å². The van der Waals surface area contributed by atoms with Gasteiger partial charge in [-0.25, -0.2) is 4.90 Å². The van der Waals surface area contributed by atoms with Crippen molar-refractivity contribution in [3.8, 4) is 0 Å². The number of nitrogens with zero attached hydrogens (tertiary/aromatic N) is 1. The third-order valence-corrected chi connectivity index (χ3v) is 5.57. The van der Waals surface area contributed by atoms with Gasteiger partial charge in [0, 0.05) is 10.7 Å². The molecule has 0 saturated heterocycles. The minimum Gasteiger partial charge on any atom is -0.350 e. The van der Waals surface area contributed by atoms with Gasteiger partial charge in [-0.2, -0.15) is 0 Å². The second-order valence-electron chi connectivity index (χ2n) is 7.42. The van der Waals surface area contributed by atoms with E-state index in [0.29, 0.717) is 21.8 Å². The first-order valence-corrected chi connectivity index (χ1v) is 10.0. The summed E-state index contributed by atoms with van der Waals surface area (Å²) in [4.78, 5) is 28.1. The number of carbonyl (C=O) groups excluding carboxylic acids is 2. The maximum absolute atomic E-state index is 13.5. The molecule has 1 heterocycles. The molecule has 3 aromatic carbocycles. The minimum absolute atomic E-state index is 0.258. The number of hydrogen-bond donors (Lipinski definition) is 1. The van der Waals surface area contributed by atoms with Crippen molar-refractivity contribution in [2.75, 3.05) is 10.2 Å². The van der Waals surface area contributed by atoms with Crippen LogP contribution in [0.2, 0.25) is 5.02 Å². The topological polar surface area (TPSA) is 49.4 Å². The van der Waals surface area contributed by atoms with E-state index in [0.717, 1.165) is 22.4 Å². The van der Waals surface area contributed by atoms with E-state index in [1.165, 1.54) is 4.90 Å². The molecule has 5 heteroatoms. The summed E-state index contributed by atoms with van der Waals surface area (Å²) in [7, 11) is 0. The quantitative estimate of drug-likeness (QED) is 0.558. The van der Waals surface area contributed by atoms with Crippen LogP contribution in [0.15, 0.2) is 72.4 Å². The third kappa shape index (κ3) is 3.51. The Kier molecular flexibility index (Phi) is 5.18. The Balaban J connectivity index is 1.84. The van der Waals surface area contributed by atoms with E-state index in [4.69, 9.17) is 11.6 Å². The van der Waals surface area contributed by atoms with Crippen LogP contribution < -0.4 is 10.2 Å². The molecule has 4 rings (SSSR count). The fourth-order valence-corrected chi connectivity index (χ4v) is 3.69. The van der Waals surface area contributed by atoms with Gasteiger partial charge >= 0.3 is 0 Å². The molecule has 1 aliphatic rings. The Labute approximate surface area is 180 Å². The number of aryl methyl sites for hydroxylation is 3. The van der Waals surface area contributed by atoms with E-state index in [2.05, 4.69) is 5.32 Å². The summed E-state index contributed by atoms with van der Waals surface area (Å²) >= 11 is 6.16. The van der Waals surface area contributed by atoms with E-state index in [-0.39, 0.29) is 11.6 Å². The molecule has 1 aliphatic heterocycles. The molecule has 0 aromatic heterocycles. The van der Waals surface area contributed by atoms with E-state index >= 15 is 0 Å². The van der Waals surface area contributed by atoms with Gasteiger partial charge in [-0.1, -0.05) is 54.1 Å². The molecule has 0 fully saturated rings. The average molecular weight is 417 g/mol. The first kappa shape index (κ1) is 19.9. The summed E-state index contributed by atoms with van der Waals surface area (Å²) in [6.07, 6.45) is 0. The zero-order valence-electron chi connectivity index (χ0n) is 17.0. The Bertz CT molecular complexity index is 1200. The molecule has 0 atom stereocenters. The first-order chi connectivity index (χ1) is 14.4. The molecular weight excluding hydrogens is 396 g/mol. The number of rotatable bonds is 4. The van der Waals surface area contributed by atoms with Gasteiger partial charge in [0.15, 0.2) is 0 Å². The van der Waals surface area contributed by atoms with Gasteiger partial charge in [0.05, 0.1) is 11.3 Å². The molecule has 1 N–H and O–H groups in total. The second kappa shape index (κ2) is 7.81. The van der Waals surface area contributed by atoms with Gasteiger partial charge in [-0.05, 0) is 67.3 Å². The molecule has 0 bridgehead atoms. The van der Waals surface area contributed by atoms with Gasteiger partial charge in [0.1, 0.15) is 5.70 Å². The van der Waals surface area contributed by atoms with Crippen LogP contribution in [0.3, 0.4) is 0 Å². The van der Waals surface area contributed by atoms with E-state index in [1.54, 1.807) is 18.2 Å². The van der Waals surface area contributed by atoms with Gasteiger partial charge < -0.3 is 5.32 Å². The van der Waals surface area contributed by atoms with E-state index < -0.39 is 5.91 Å². The van der Waals surface area contributed by atoms with Crippen LogP contribution in [0.5, 0.6) is 0 Å². The summed E-state index contributed by atoms with van der Waals surface area (Å²) in [6.45, 7) is 5.89. The third-order valence-electron chi connectivity index (χ3n) is 5.33. The molecule has 0 aliphatic carbocycles. The molecule has 0 saturated carbocycles. The number of carbonyl (C=O) groups is 2. The Hall–Kier alpha value is -3.37. The average Bonchev–Trinajstić information content (AvgIpc) is 2.97. The van der Waals surface area contributed by atoms with Crippen LogP contribution in [0.4, 0.5) is 11.4 Å². The van der Waals surface area contributed by atoms with E-state index in [9.17, 15) is 9.59 Å². The van der Waals surface area contributed by atoms with Crippen molar-refractivity contribution in [3.05, 3.63) is 99.7 Å². The van der Waals surface area contributed by atoms with Crippen LogP contribution >= 0.6 is 11.6 Å². The van der Waals surface area contributed by atoms with Crippen molar-refractivity contribution in [2.45, 2.75) is 20.8 Å². The number of benzene rings is 3. The molecule has 30 heavy (non-hydrogen) atoms. The van der Waals surface area contributed by atoms with E-state index in [1.807, 2.05) is 69.3 Å². The van der Waals surface area contributed by atoms with Crippen molar-refractivity contribution in [2.24, 2.45) is 0 Å². The number of nitrogens with one attached hydrogen (secondary N) is 1. The molecule has 0 unspecified atom stereocenters. The predicted octanol–water partition coefficient (Wildman–Crippen LogP) is 5.66. The molecule has 0 spiro atoms. The minimum atomic E-state index is -0.401. The second-order valence-corrected chi connectivity index (χ2v) is 7.85. The highest BCUT2D eigenvalue weighted by Crippen LogP contribution is 2.36. The van der Waals surface area contributed by atoms with Crippen LogP contribution in [0.1, 0.15) is 22.3 Å². The standard InChI is InChI=1S/C25H21ClN2O2/c1-15-10-12-20(13-17(15)3)27-23-22(18-7-5-4-6-8-18)24(29)28(25(23)30)21-14-19(26)11-9-16(21)2/h4-14,27H,1-3H3. The number of imide groups is 1. The lowest BCUT2D eigenvalue weighted by Gasteiger charge is -2.18. The lowest BCUT2D eigenvalue weighted by molar-refractivity contribution is -0.120. The van der Waals surface area contributed by atoms with Crippen LogP contribution in [0.25, 0.3) is 5.57 Å². The Morgan fingerprint density at radius 1 is 0.767 bits per heavy atom. The predicted molar refractivity (Wildman–Crippen MR) is 122 cm³/mol. The van der Waals surface area contributed by atoms with Crippen molar-refractivity contribution in [1.29, 1.82) is 0 Å². The van der Waals surface area contributed by atoms with Crippen molar-refractivity contribution in [1.82, 2.24) is 0 Å². The van der Waals surface area contributed by atoms with Crippen LogP contribution in [-0.2, 0) is 9.59 Å². The highest BCUT2D eigenvalue weighted by Gasteiger charge is 2.40. The zero-order valence-corrected chi connectivity index (χ0v) is 17.7. The molecule has 4 nitrogen and oxygen atoms in total. The van der Waals surface area contributed by atoms with Gasteiger partial charge in [0.2, 0.25) is 0 Å². The van der Waals surface area contributed by atoms with Crippen molar-refractivity contribution < 1.29 is 9.59 Å².